The number of carbonyl (C=O) groups excluding carboxylic acids is 1. The first-order chi connectivity index (χ1) is 17.0. The SMILES string of the molecule is CCc1cc(Br)cc(CC)c1NC(=O)CN(Cc1ccc(C)cc1)S(=O)(=O)c1c(C)cc(C)cc1C. The minimum Gasteiger partial charge on any atom is -0.324 e. The quantitative estimate of drug-likeness (QED) is 0.313. The normalized spacial score (nSPS) is 11.7. The number of carbonyl (C=O) groups is 1. The molecular formula is C29H35BrN2O3S. The molecule has 0 aromatic heterocycles. The van der Waals surface area contributed by atoms with Gasteiger partial charge in [-0.15, -0.1) is 0 Å². The highest BCUT2D eigenvalue weighted by Gasteiger charge is 2.30. The van der Waals surface area contributed by atoms with Gasteiger partial charge in [-0.1, -0.05) is 77.3 Å². The van der Waals surface area contributed by atoms with E-state index in [0.29, 0.717) is 11.1 Å². The van der Waals surface area contributed by atoms with Crippen molar-refractivity contribution in [3.8, 4) is 0 Å². The van der Waals surface area contributed by atoms with Crippen LogP contribution in [0.2, 0.25) is 0 Å². The zero-order valence-corrected chi connectivity index (χ0v) is 24.3. The molecule has 0 aliphatic carbocycles. The first-order valence-electron chi connectivity index (χ1n) is 12.2. The van der Waals surface area contributed by atoms with Crippen molar-refractivity contribution < 1.29 is 13.2 Å². The second-order valence-corrected chi connectivity index (χ2v) is 12.1. The fraction of sp³-hybridized carbons (Fsp3) is 0.345. The smallest absolute Gasteiger partial charge is 0.244 e. The number of hydrogen-bond acceptors (Lipinski definition) is 3. The monoisotopic (exact) mass is 570 g/mol. The number of nitrogens with zero attached hydrogens (tertiary/aromatic N) is 1. The summed E-state index contributed by atoms with van der Waals surface area (Å²) >= 11 is 3.55. The summed E-state index contributed by atoms with van der Waals surface area (Å²) in [4.78, 5) is 13.6. The van der Waals surface area contributed by atoms with Crippen LogP contribution in [0.25, 0.3) is 0 Å². The van der Waals surface area contributed by atoms with Crippen molar-refractivity contribution in [3.63, 3.8) is 0 Å². The van der Waals surface area contributed by atoms with Crippen molar-refractivity contribution in [2.75, 3.05) is 11.9 Å². The molecular weight excluding hydrogens is 536 g/mol. The van der Waals surface area contributed by atoms with Crippen LogP contribution in [0.15, 0.2) is 57.9 Å². The van der Waals surface area contributed by atoms with E-state index in [0.717, 1.165) is 50.8 Å². The molecule has 0 saturated carbocycles. The molecule has 36 heavy (non-hydrogen) atoms. The lowest BCUT2D eigenvalue weighted by atomic mass is 10.0. The first kappa shape index (κ1) is 28.1. The molecule has 0 spiro atoms. The van der Waals surface area contributed by atoms with Gasteiger partial charge in [0.2, 0.25) is 15.9 Å². The molecule has 0 heterocycles. The Morgan fingerprint density at radius 2 is 1.39 bits per heavy atom. The van der Waals surface area contributed by atoms with Gasteiger partial charge in [0.1, 0.15) is 0 Å². The van der Waals surface area contributed by atoms with Gasteiger partial charge >= 0.3 is 0 Å². The number of nitrogens with one attached hydrogen (secondary N) is 1. The number of aryl methyl sites for hydroxylation is 6. The molecule has 3 aromatic carbocycles. The molecule has 3 rings (SSSR count). The molecule has 0 aliphatic heterocycles. The molecule has 192 valence electrons. The summed E-state index contributed by atoms with van der Waals surface area (Å²) in [6, 6.07) is 15.4. The second-order valence-electron chi connectivity index (χ2n) is 9.34. The van der Waals surface area contributed by atoms with Crippen LogP contribution in [0.1, 0.15) is 52.8 Å². The van der Waals surface area contributed by atoms with E-state index in [1.165, 1.54) is 4.31 Å². The van der Waals surface area contributed by atoms with Crippen molar-refractivity contribution in [2.24, 2.45) is 0 Å². The lowest BCUT2D eigenvalue weighted by Gasteiger charge is -2.25. The summed E-state index contributed by atoms with van der Waals surface area (Å²) < 4.78 is 30.2. The third-order valence-electron chi connectivity index (χ3n) is 6.29. The largest absolute Gasteiger partial charge is 0.324 e. The second kappa shape index (κ2) is 11.7. The number of anilines is 1. The van der Waals surface area contributed by atoms with Crippen LogP contribution in [0.3, 0.4) is 0 Å². The van der Waals surface area contributed by atoms with Crippen LogP contribution in [-0.2, 0) is 34.2 Å². The highest BCUT2D eigenvalue weighted by atomic mass is 79.9. The van der Waals surface area contributed by atoms with E-state index in [1.807, 2.05) is 76.2 Å². The van der Waals surface area contributed by atoms with Gasteiger partial charge in [-0.2, -0.15) is 4.31 Å². The van der Waals surface area contributed by atoms with Crippen molar-refractivity contribution in [2.45, 2.75) is 65.8 Å². The van der Waals surface area contributed by atoms with Gasteiger partial charge in [0.05, 0.1) is 11.4 Å². The number of halogens is 1. The summed E-state index contributed by atoms with van der Waals surface area (Å²) in [7, 11) is -3.95. The summed E-state index contributed by atoms with van der Waals surface area (Å²) in [5.74, 6) is -0.361. The van der Waals surface area contributed by atoms with Gasteiger partial charge < -0.3 is 5.32 Å². The maximum atomic E-state index is 14.0. The molecule has 0 aliphatic rings. The van der Waals surface area contributed by atoms with E-state index in [9.17, 15) is 13.2 Å². The van der Waals surface area contributed by atoms with E-state index < -0.39 is 10.0 Å². The van der Waals surface area contributed by atoms with E-state index in [-0.39, 0.29) is 23.9 Å². The average molecular weight is 572 g/mol. The predicted octanol–water partition coefficient (Wildman–Crippen LogP) is 6.64. The molecule has 0 saturated heterocycles. The predicted molar refractivity (Wildman–Crippen MR) is 151 cm³/mol. The third kappa shape index (κ3) is 6.44. The van der Waals surface area contributed by atoms with Crippen LogP contribution < -0.4 is 5.32 Å². The Labute approximate surface area is 224 Å². The Morgan fingerprint density at radius 1 is 0.861 bits per heavy atom. The summed E-state index contributed by atoms with van der Waals surface area (Å²) in [6.45, 7) is 11.4. The number of benzene rings is 3. The fourth-order valence-electron chi connectivity index (χ4n) is 4.61. The molecule has 7 heteroatoms. The molecule has 0 radical (unpaired) electrons. The van der Waals surface area contributed by atoms with Gasteiger partial charge in [0, 0.05) is 16.7 Å². The van der Waals surface area contributed by atoms with E-state index in [1.54, 1.807) is 13.8 Å². The lowest BCUT2D eigenvalue weighted by Crippen LogP contribution is -2.38. The first-order valence-corrected chi connectivity index (χ1v) is 14.4. The highest BCUT2D eigenvalue weighted by Crippen LogP contribution is 2.29. The Bertz CT molecular complexity index is 1320. The Morgan fingerprint density at radius 3 is 1.89 bits per heavy atom. The number of hydrogen-bond donors (Lipinski definition) is 1. The van der Waals surface area contributed by atoms with Crippen molar-refractivity contribution in [1.82, 2.24) is 4.31 Å². The van der Waals surface area contributed by atoms with Gasteiger partial charge in [-0.05, 0) is 80.5 Å². The molecule has 5 nitrogen and oxygen atoms in total. The van der Waals surface area contributed by atoms with Crippen LogP contribution in [-0.4, -0.2) is 25.2 Å². The number of sulfonamides is 1. The molecule has 0 atom stereocenters. The average Bonchev–Trinajstić information content (AvgIpc) is 2.79. The Hall–Kier alpha value is -2.48. The van der Waals surface area contributed by atoms with Gasteiger partial charge in [0.15, 0.2) is 0 Å². The van der Waals surface area contributed by atoms with E-state index in [2.05, 4.69) is 21.2 Å². The maximum Gasteiger partial charge on any atom is 0.244 e. The van der Waals surface area contributed by atoms with E-state index in [4.69, 9.17) is 0 Å². The van der Waals surface area contributed by atoms with Gasteiger partial charge in [0.25, 0.3) is 0 Å². The zero-order chi connectivity index (χ0) is 26.6. The van der Waals surface area contributed by atoms with Gasteiger partial charge in [-0.3, -0.25) is 4.79 Å². The molecule has 0 fully saturated rings. The minimum absolute atomic E-state index is 0.102. The Balaban J connectivity index is 2.01. The summed E-state index contributed by atoms with van der Waals surface area (Å²) in [5, 5.41) is 3.03. The van der Waals surface area contributed by atoms with Crippen LogP contribution in [0.5, 0.6) is 0 Å². The molecule has 1 N–H and O–H groups in total. The standard InChI is InChI=1S/C29H35BrN2O3S/c1-7-24-15-26(30)16-25(8-2)28(24)31-27(33)18-32(17-23-11-9-19(3)10-12-23)36(34,35)29-21(5)13-20(4)14-22(29)6/h9-16H,7-8,17-18H2,1-6H3,(H,31,33). The minimum atomic E-state index is -3.95. The Kier molecular flexibility index (Phi) is 9.14. The zero-order valence-electron chi connectivity index (χ0n) is 21.9. The van der Waals surface area contributed by atoms with Crippen LogP contribution in [0.4, 0.5) is 5.69 Å². The number of amides is 1. The third-order valence-corrected chi connectivity index (χ3v) is 8.85. The lowest BCUT2D eigenvalue weighted by molar-refractivity contribution is -0.116. The summed E-state index contributed by atoms with van der Waals surface area (Å²) in [6.07, 6.45) is 1.49. The van der Waals surface area contributed by atoms with Crippen molar-refractivity contribution in [1.29, 1.82) is 0 Å². The van der Waals surface area contributed by atoms with E-state index >= 15 is 0 Å². The molecule has 0 bridgehead atoms. The number of rotatable bonds is 9. The summed E-state index contributed by atoms with van der Waals surface area (Å²) in [5.41, 5.74) is 7.05. The van der Waals surface area contributed by atoms with Crippen molar-refractivity contribution in [3.05, 3.63) is 91.9 Å². The molecule has 3 aromatic rings. The highest BCUT2D eigenvalue weighted by molar-refractivity contribution is 9.10. The molecule has 1 amide bonds. The van der Waals surface area contributed by atoms with Gasteiger partial charge in [-0.25, -0.2) is 8.42 Å². The van der Waals surface area contributed by atoms with Crippen LogP contribution >= 0.6 is 15.9 Å². The maximum absolute atomic E-state index is 14.0. The van der Waals surface area contributed by atoms with Crippen molar-refractivity contribution >= 4 is 37.5 Å². The topological polar surface area (TPSA) is 66.5 Å². The van der Waals surface area contributed by atoms with Crippen LogP contribution in [0, 0.1) is 27.7 Å². The fourth-order valence-corrected chi connectivity index (χ4v) is 6.96. The molecule has 0 unspecified atom stereocenters.